The summed E-state index contributed by atoms with van der Waals surface area (Å²) >= 11 is 0. The number of halogens is 1. The van der Waals surface area contributed by atoms with Crippen LogP contribution in [0, 0.1) is 0 Å². The van der Waals surface area contributed by atoms with E-state index in [0.29, 0.717) is 24.3 Å². The van der Waals surface area contributed by atoms with Crippen molar-refractivity contribution in [3.05, 3.63) is 41.2 Å². The lowest BCUT2D eigenvalue weighted by Gasteiger charge is -2.27. The highest BCUT2D eigenvalue weighted by atomic mass is 35.5. The summed E-state index contributed by atoms with van der Waals surface area (Å²) in [5.41, 5.74) is 3.89. The Kier molecular flexibility index (Phi) is 5.58. The van der Waals surface area contributed by atoms with Gasteiger partial charge in [0.25, 0.3) is 5.91 Å². The number of carbonyl (C=O) groups is 2. The van der Waals surface area contributed by atoms with Gasteiger partial charge >= 0.3 is 0 Å². The third-order valence-electron chi connectivity index (χ3n) is 4.76. The number of amides is 2. The van der Waals surface area contributed by atoms with Crippen molar-refractivity contribution in [3.8, 4) is 0 Å². The maximum Gasteiger partial charge on any atom is 0.276 e. The molecule has 1 aromatic carbocycles. The zero-order valence-corrected chi connectivity index (χ0v) is 15.2. The van der Waals surface area contributed by atoms with Crippen molar-refractivity contribution in [3.63, 3.8) is 0 Å². The first-order chi connectivity index (χ1) is 12.2. The van der Waals surface area contributed by atoms with Crippen LogP contribution in [-0.4, -0.2) is 35.1 Å². The summed E-state index contributed by atoms with van der Waals surface area (Å²) in [6, 6.07) is 7.43. The molecule has 0 spiro atoms. The summed E-state index contributed by atoms with van der Waals surface area (Å²) in [4.78, 5) is 26.5. The van der Waals surface area contributed by atoms with E-state index in [9.17, 15) is 9.59 Å². The number of carbonyl (C=O) groups excluding carboxylic acids is 2. The minimum Gasteiger partial charge on any atom is -0.321 e. The van der Waals surface area contributed by atoms with E-state index in [0.717, 1.165) is 49.3 Å². The number of nitrogens with zero attached hydrogens (tertiary/aromatic N) is 2. The van der Waals surface area contributed by atoms with E-state index in [2.05, 4.69) is 20.8 Å². The normalized spacial score (nSPS) is 16.6. The van der Waals surface area contributed by atoms with Crippen LogP contribution in [0.25, 0.3) is 0 Å². The molecule has 4 rings (SSSR count). The van der Waals surface area contributed by atoms with Gasteiger partial charge in [0.1, 0.15) is 0 Å². The van der Waals surface area contributed by atoms with Crippen molar-refractivity contribution in [2.45, 2.75) is 32.2 Å². The predicted octanol–water partition coefficient (Wildman–Crippen LogP) is 2.25. The SMILES string of the molecule is Cl.O=C(Nc1cccc(N2CCCCC2=O)c1)c1n[nH]c2c1CNCC2. The highest BCUT2D eigenvalue weighted by molar-refractivity contribution is 6.04. The molecule has 2 aliphatic rings. The van der Waals surface area contributed by atoms with Crippen LogP contribution in [0.5, 0.6) is 0 Å². The van der Waals surface area contributed by atoms with Crippen molar-refractivity contribution < 1.29 is 9.59 Å². The van der Waals surface area contributed by atoms with Crippen molar-refractivity contribution in [1.82, 2.24) is 15.5 Å². The molecule has 1 fully saturated rings. The number of anilines is 2. The Morgan fingerprint density at radius 3 is 2.96 bits per heavy atom. The monoisotopic (exact) mass is 375 g/mol. The smallest absolute Gasteiger partial charge is 0.276 e. The molecular formula is C18H22ClN5O2. The number of benzene rings is 1. The standard InChI is InChI=1S/C18H21N5O2.ClH/c24-16-6-1-2-9-23(16)13-5-3-4-12(10-13)20-18(25)17-14-11-19-8-7-15(14)21-22-17;/h3-5,10,19H,1-2,6-9,11H2,(H,20,25)(H,21,22);1H. The molecule has 3 N–H and O–H groups in total. The molecule has 0 unspecified atom stereocenters. The van der Waals surface area contributed by atoms with Crippen molar-refractivity contribution in [2.24, 2.45) is 0 Å². The second-order valence-corrected chi connectivity index (χ2v) is 6.46. The molecule has 1 saturated heterocycles. The van der Waals surface area contributed by atoms with Gasteiger partial charge in [-0.15, -0.1) is 12.4 Å². The Labute approximate surface area is 157 Å². The molecule has 8 heteroatoms. The fourth-order valence-corrected chi connectivity index (χ4v) is 3.43. The van der Waals surface area contributed by atoms with Gasteiger partial charge in [0, 0.05) is 55.1 Å². The molecule has 7 nitrogen and oxygen atoms in total. The van der Waals surface area contributed by atoms with Gasteiger partial charge in [0.15, 0.2) is 5.69 Å². The van der Waals surface area contributed by atoms with Gasteiger partial charge in [0.05, 0.1) is 0 Å². The lowest BCUT2D eigenvalue weighted by molar-refractivity contribution is -0.119. The van der Waals surface area contributed by atoms with Gasteiger partial charge < -0.3 is 15.5 Å². The predicted molar refractivity (Wildman–Crippen MR) is 102 cm³/mol. The molecule has 0 aliphatic carbocycles. The Morgan fingerprint density at radius 1 is 1.23 bits per heavy atom. The van der Waals surface area contributed by atoms with Crippen LogP contribution in [-0.2, 0) is 17.8 Å². The Hall–Kier alpha value is -2.38. The lowest BCUT2D eigenvalue weighted by Crippen LogP contribution is -2.35. The first-order valence-corrected chi connectivity index (χ1v) is 8.71. The molecule has 2 amide bonds. The van der Waals surface area contributed by atoms with Gasteiger partial charge in [-0.3, -0.25) is 14.7 Å². The third kappa shape index (κ3) is 3.59. The Morgan fingerprint density at radius 2 is 2.12 bits per heavy atom. The summed E-state index contributed by atoms with van der Waals surface area (Å²) in [5, 5.41) is 13.3. The van der Waals surface area contributed by atoms with E-state index in [1.165, 1.54) is 0 Å². The van der Waals surface area contributed by atoms with E-state index < -0.39 is 0 Å². The Bertz CT molecular complexity index is 820. The molecule has 0 saturated carbocycles. The molecule has 2 aliphatic heterocycles. The van der Waals surface area contributed by atoms with Crippen LogP contribution in [0.3, 0.4) is 0 Å². The first kappa shape index (κ1) is 18.4. The summed E-state index contributed by atoms with van der Waals surface area (Å²) in [5.74, 6) is -0.0921. The minimum absolute atomic E-state index is 0. The second kappa shape index (κ2) is 7.88. The van der Waals surface area contributed by atoms with E-state index in [1.807, 2.05) is 24.3 Å². The average molecular weight is 376 g/mol. The van der Waals surface area contributed by atoms with Gasteiger partial charge in [0.2, 0.25) is 5.91 Å². The quantitative estimate of drug-likeness (QED) is 0.767. The van der Waals surface area contributed by atoms with E-state index in [1.54, 1.807) is 4.90 Å². The van der Waals surface area contributed by atoms with Crippen LogP contribution in [0.15, 0.2) is 24.3 Å². The van der Waals surface area contributed by atoms with Crippen LogP contribution in [0.4, 0.5) is 11.4 Å². The lowest BCUT2D eigenvalue weighted by atomic mass is 10.1. The number of piperidine rings is 1. The number of nitrogens with one attached hydrogen (secondary N) is 3. The number of hydrogen-bond donors (Lipinski definition) is 3. The van der Waals surface area contributed by atoms with Crippen molar-refractivity contribution >= 4 is 35.6 Å². The summed E-state index contributed by atoms with van der Waals surface area (Å²) < 4.78 is 0. The van der Waals surface area contributed by atoms with Crippen LogP contribution >= 0.6 is 12.4 Å². The molecule has 0 bridgehead atoms. The highest BCUT2D eigenvalue weighted by Crippen LogP contribution is 2.24. The fourth-order valence-electron chi connectivity index (χ4n) is 3.43. The number of rotatable bonds is 3. The van der Waals surface area contributed by atoms with E-state index >= 15 is 0 Å². The molecule has 0 radical (unpaired) electrons. The zero-order chi connectivity index (χ0) is 17.2. The average Bonchev–Trinajstić information content (AvgIpc) is 3.06. The highest BCUT2D eigenvalue weighted by Gasteiger charge is 2.23. The molecule has 0 atom stereocenters. The van der Waals surface area contributed by atoms with Crippen LogP contribution in [0.2, 0.25) is 0 Å². The second-order valence-electron chi connectivity index (χ2n) is 6.46. The third-order valence-corrected chi connectivity index (χ3v) is 4.76. The zero-order valence-electron chi connectivity index (χ0n) is 14.4. The number of H-pyrrole nitrogens is 1. The molecule has 2 aromatic rings. The molecule has 26 heavy (non-hydrogen) atoms. The van der Waals surface area contributed by atoms with Crippen LogP contribution < -0.4 is 15.5 Å². The molecule has 3 heterocycles. The molecular weight excluding hydrogens is 354 g/mol. The number of fused-ring (bicyclic) bond motifs is 1. The Balaban J connectivity index is 0.00000196. The van der Waals surface area contributed by atoms with Crippen molar-refractivity contribution in [1.29, 1.82) is 0 Å². The minimum atomic E-state index is -0.233. The van der Waals surface area contributed by atoms with Gasteiger partial charge in [-0.2, -0.15) is 5.10 Å². The summed E-state index contributed by atoms with van der Waals surface area (Å²) in [6.45, 7) is 2.27. The van der Waals surface area contributed by atoms with Gasteiger partial charge in [-0.25, -0.2) is 0 Å². The maximum absolute atomic E-state index is 12.6. The van der Waals surface area contributed by atoms with Gasteiger partial charge in [-0.05, 0) is 31.0 Å². The summed E-state index contributed by atoms with van der Waals surface area (Å²) in [6.07, 6.45) is 3.39. The molecule has 138 valence electrons. The van der Waals surface area contributed by atoms with Gasteiger partial charge in [-0.1, -0.05) is 6.07 Å². The largest absolute Gasteiger partial charge is 0.321 e. The van der Waals surface area contributed by atoms with E-state index in [4.69, 9.17) is 0 Å². The van der Waals surface area contributed by atoms with Crippen LogP contribution in [0.1, 0.15) is 41.0 Å². The fraction of sp³-hybridized carbons (Fsp3) is 0.389. The van der Waals surface area contributed by atoms with E-state index in [-0.39, 0.29) is 24.2 Å². The summed E-state index contributed by atoms with van der Waals surface area (Å²) in [7, 11) is 0. The maximum atomic E-state index is 12.6. The number of aromatic amines is 1. The first-order valence-electron chi connectivity index (χ1n) is 8.71. The number of hydrogen-bond acceptors (Lipinski definition) is 4. The molecule has 1 aromatic heterocycles. The number of aromatic nitrogens is 2. The topological polar surface area (TPSA) is 90.1 Å². The van der Waals surface area contributed by atoms with Crippen molar-refractivity contribution in [2.75, 3.05) is 23.3 Å².